The van der Waals surface area contributed by atoms with Crippen LogP contribution in [-0.4, -0.2) is 80.3 Å². The first-order chi connectivity index (χ1) is 21.6. The highest BCUT2D eigenvalue weighted by atomic mass is 28.3. The van der Waals surface area contributed by atoms with Gasteiger partial charge in [-0.15, -0.1) is 0 Å². The number of carboxylic acid groups (broad SMARTS) is 1. The molecule has 0 aromatic heterocycles. The number of aliphatic hydroxyl groups is 1. The Morgan fingerprint density at radius 2 is 1.51 bits per heavy atom. The number of benzene rings is 3. The molecule has 4 atom stereocenters. The van der Waals surface area contributed by atoms with Crippen LogP contribution in [0.3, 0.4) is 0 Å². The summed E-state index contributed by atoms with van der Waals surface area (Å²) in [6.07, 6.45) is -1.77. The van der Waals surface area contributed by atoms with Gasteiger partial charge in [-0.1, -0.05) is 74.2 Å². The molecule has 2 N–H and O–H groups in total. The Morgan fingerprint density at radius 1 is 0.867 bits per heavy atom. The molecule has 0 bridgehead atoms. The molecule has 3 aromatic carbocycles. The van der Waals surface area contributed by atoms with Gasteiger partial charge in [0, 0.05) is 18.1 Å². The van der Waals surface area contributed by atoms with Gasteiger partial charge in [-0.05, 0) is 47.9 Å². The predicted octanol–water partition coefficient (Wildman–Crippen LogP) is 6.31. The van der Waals surface area contributed by atoms with E-state index in [2.05, 4.69) is 26.6 Å². The lowest BCUT2D eigenvalue weighted by atomic mass is 9.84. The van der Waals surface area contributed by atoms with Crippen molar-refractivity contribution >= 4 is 14.2 Å². The maximum absolute atomic E-state index is 11.8. The number of nitrogens with zero attached hydrogens (tertiary/aromatic N) is 1. The average molecular weight is 638 g/mol. The van der Waals surface area contributed by atoms with Crippen LogP contribution in [0.15, 0.2) is 78.9 Å². The second-order valence-corrected chi connectivity index (χ2v) is 18.1. The fraction of sp³-hybridized carbons (Fsp3) is 0.457. The van der Waals surface area contributed by atoms with Crippen molar-refractivity contribution in [3.05, 3.63) is 95.6 Å². The highest BCUT2D eigenvalue weighted by molar-refractivity contribution is 6.77. The molecule has 0 saturated carbocycles. The van der Waals surface area contributed by atoms with Gasteiger partial charge in [0.2, 0.25) is 0 Å². The highest BCUT2D eigenvalue weighted by Gasteiger charge is 2.39. The van der Waals surface area contributed by atoms with Crippen molar-refractivity contribution in [1.29, 1.82) is 0 Å². The van der Waals surface area contributed by atoms with Gasteiger partial charge in [-0.25, -0.2) is 4.79 Å². The third-order valence-electron chi connectivity index (χ3n) is 8.12. The molecule has 1 amide bonds. The molecule has 10 heteroatoms. The summed E-state index contributed by atoms with van der Waals surface area (Å²) in [5.74, 6) is 1.03. The van der Waals surface area contributed by atoms with E-state index in [-0.39, 0.29) is 32.2 Å². The Kier molecular flexibility index (Phi) is 12.8. The number of hydrogen-bond acceptors (Lipinski definition) is 7. The second-order valence-electron chi connectivity index (χ2n) is 12.5. The molecular formula is C35H47NO8Si. The molecule has 45 heavy (non-hydrogen) atoms. The zero-order valence-electron chi connectivity index (χ0n) is 26.8. The summed E-state index contributed by atoms with van der Waals surface area (Å²) in [5, 5.41) is 20.7. The standard InChI is InChI=1S/C35H47NO8Si/c1-26(45(2,3)4)43-25-44-31-15-11-28(12-16-31)24-42-33-22-36(35(38)39)21-32(37)34(33)29-13-17-30(18-14-29)41-20-8-19-40-23-27-9-6-5-7-10-27/h5-7,9-18,26,32-34,37H,8,19-25H2,1-4H3,(H,38,39). The van der Waals surface area contributed by atoms with Crippen molar-refractivity contribution in [2.75, 3.05) is 33.1 Å². The summed E-state index contributed by atoms with van der Waals surface area (Å²) in [5.41, 5.74) is 3.11. The van der Waals surface area contributed by atoms with E-state index < -0.39 is 32.3 Å². The Labute approximate surface area is 267 Å². The van der Waals surface area contributed by atoms with Crippen LogP contribution in [-0.2, 0) is 27.4 Å². The van der Waals surface area contributed by atoms with Crippen LogP contribution in [0.2, 0.25) is 19.6 Å². The van der Waals surface area contributed by atoms with Gasteiger partial charge in [0.05, 0.1) is 59.8 Å². The number of β-amino-alcohol motifs (C(OH)–C–C–N with tert-alkyl or cyclic N) is 1. The van der Waals surface area contributed by atoms with Gasteiger partial charge in [0.15, 0.2) is 6.79 Å². The molecule has 9 nitrogen and oxygen atoms in total. The maximum Gasteiger partial charge on any atom is 0.407 e. The minimum absolute atomic E-state index is 0.0194. The SMILES string of the molecule is CC(OCOc1ccc(COC2CN(C(=O)O)CC(O)C2c2ccc(OCCCOCc3ccccc3)cc2)cc1)[Si](C)(C)C. The van der Waals surface area contributed by atoms with E-state index in [1.165, 1.54) is 4.90 Å². The van der Waals surface area contributed by atoms with E-state index in [9.17, 15) is 15.0 Å². The first kappa shape index (κ1) is 34.5. The maximum atomic E-state index is 11.8. The summed E-state index contributed by atoms with van der Waals surface area (Å²) >= 11 is 0. The van der Waals surface area contributed by atoms with Crippen LogP contribution in [0.4, 0.5) is 4.79 Å². The quantitative estimate of drug-likeness (QED) is 0.107. The van der Waals surface area contributed by atoms with Gasteiger partial charge in [-0.2, -0.15) is 0 Å². The third kappa shape index (κ3) is 10.9. The summed E-state index contributed by atoms with van der Waals surface area (Å²) < 4.78 is 29.5. The Balaban J connectivity index is 1.28. The molecule has 1 heterocycles. The Bertz CT molecular complexity index is 1300. The zero-order chi connectivity index (χ0) is 32.2. The number of piperidine rings is 1. The number of rotatable bonds is 16. The lowest BCUT2D eigenvalue weighted by molar-refractivity contribution is -0.0660. The Hall–Kier alpha value is -3.41. The van der Waals surface area contributed by atoms with Crippen molar-refractivity contribution in [2.45, 2.75) is 70.1 Å². The van der Waals surface area contributed by atoms with Crippen LogP contribution >= 0.6 is 0 Å². The molecule has 1 fully saturated rings. The molecule has 1 saturated heterocycles. The van der Waals surface area contributed by atoms with Gasteiger partial charge in [-0.3, -0.25) is 0 Å². The van der Waals surface area contributed by atoms with Crippen molar-refractivity contribution in [3.63, 3.8) is 0 Å². The van der Waals surface area contributed by atoms with Crippen molar-refractivity contribution < 1.29 is 38.7 Å². The largest absolute Gasteiger partial charge is 0.494 e. The van der Waals surface area contributed by atoms with Crippen LogP contribution in [0.25, 0.3) is 0 Å². The van der Waals surface area contributed by atoms with Crippen LogP contribution in [0, 0.1) is 0 Å². The van der Waals surface area contributed by atoms with Gasteiger partial charge < -0.3 is 38.8 Å². The number of carbonyl (C=O) groups is 1. The van der Waals surface area contributed by atoms with E-state index in [1.807, 2.05) is 78.9 Å². The summed E-state index contributed by atoms with van der Waals surface area (Å²) in [6, 6.07) is 25.2. The molecule has 4 rings (SSSR count). The van der Waals surface area contributed by atoms with E-state index in [0.717, 1.165) is 28.9 Å². The highest BCUT2D eigenvalue weighted by Crippen LogP contribution is 2.33. The van der Waals surface area contributed by atoms with Crippen molar-refractivity contribution in [2.24, 2.45) is 0 Å². The number of likely N-dealkylation sites (tertiary alicyclic amines) is 1. The van der Waals surface area contributed by atoms with E-state index in [1.54, 1.807) is 0 Å². The second kappa shape index (κ2) is 16.8. The minimum atomic E-state index is -1.39. The molecule has 0 radical (unpaired) electrons. The number of aliphatic hydroxyl groups excluding tert-OH is 1. The molecule has 1 aliphatic rings. The summed E-state index contributed by atoms with van der Waals surface area (Å²) in [6.45, 7) is 11.2. The summed E-state index contributed by atoms with van der Waals surface area (Å²) in [7, 11) is -1.39. The average Bonchev–Trinajstić information content (AvgIpc) is 3.02. The lowest BCUT2D eigenvalue weighted by Crippen LogP contribution is -2.53. The minimum Gasteiger partial charge on any atom is -0.494 e. The smallest absolute Gasteiger partial charge is 0.407 e. The molecule has 0 aliphatic carbocycles. The third-order valence-corrected chi connectivity index (χ3v) is 10.7. The first-order valence-corrected chi connectivity index (χ1v) is 19.1. The molecule has 3 aromatic rings. The summed E-state index contributed by atoms with van der Waals surface area (Å²) in [4.78, 5) is 13.0. The van der Waals surface area contributed by atoms with Crippen LogP contribution < -0.4 is 9.47 Å². The van der Waals surface area contributed by atoms with Gasteiger partial charge >= 0.3 is 6.09 Å². The van der Waals surface area contributed by atoms with Crippen LogP contribution in [0.5, 0.6) is 11.5 Å². The molecule has 0 spiro atoms. The monoisotopic (exact) mass is 637 g/mol. The Morgan fingerprint density at radius 3 is 2.18 bits per heavy atom. The lowest BCUT2D eigenvalue weighted by Gasteiger charge is -2.40. The van der Waals surface area contributed by atoms with E-state index in [0.29, 0.717) is 25.6 Å². The normalized spacial score (nSPS) is 19.2. The van der Waals surface area contributed by atoms with Gasteiger partial charge in [0.25, 0.3) is 0 Å². The van der Waals surface area contributed by atoms with Gasteiger partial charge in [0.1, 0.15) is 11.5 Å². The molecule has 4 unspecified atom stereocenters. The molecular weight excluding hydrogens is 590 g/mol. The fourth-order valence-corrected chi connectivity index (χ4v) is 5.55. The van der Waals surface area contributed by atoms with Crippen molar-refractivity contribution in [3.8, 4) is 11.5 Å². The van der Waals surface area contributed by atoms with Crippen molar-refractivity contribution in [1.82, 2.24) is 4.90 Å². The number of amides is 1. The molecule has 244 valence electrons. The number of hydrogen-bond donors (Lipinski definition) is 2. The van der Waals surface area contributed by atoms with E-state index in [4.69, 9.17) is 23.7 Å². The number of ether oxygens (including phenoxy) is 5. The topological polar surface area (TPSA) is 107 Å². The fourth-order valence-electron chi connectivity index (χ4n) is 4.98. The first-order valence-electron chi connectivity index (χ1n) is 15.6. The van der Waals surface area contributed by atoms with Crippen LogP contribution in [0.1, 0.15) is 36.0 Å². The molecule has 1 aliphatic heterocycles. The van der Waals surface area contributed by atoms with E-state index >= 15 is 0 Å². The zero-order valence-corrected chi connectivity index (χ0v) is 27.8. The predicted molar refractivity (Wildman–Crippen MR) is 175 cm³/mol.